The Balaban J connectivity index is 1.87. The van der Waals surface area contributed by atoms with E-state index in [0.717, 1.165) is 29.6 Å². The molecule has 0 spiro atoms. The summed E-state index contributed by atoms with van der Waals surface area (Å²) >= 11 is 3.97. The second-order valence-corrected chi connectivity index (χ2v) is 8.08. The van der Waals surface area contributed by atoms with E-state index in [9.17, 15) is 4.79 Å². The van der Waals surface area contributed by atoms with Crippen molar-refractivity contribution in [1.29, 1.82) is 0 Å². The Labute approximate surface area is 91.8 Å². The van der Waals surface area contributed by atoms with Crippen molar-refractivity contribution in [2.75, 3.05) is 0 Å². The van der Waals surface area contributed by atoms with Crippen LogP contribution in [-0.4, -0.2) is 10.1 Å². The van der Waals surface area contributed by atoms with Crippen molar-refractivity contribution in [2.45, 2.75) is 17.7 Å². The molecular weight excluding hydrogens is 240 g/mol. The Bertz CT molecular complexity index is 388. The Kier molecular flexibility index (Phi) is 0.883. The molecule has 1 nitrogen and oxygen atoms in total. The molecule has 5 rings (SSSR count). The van der Waals surface area contributed by atoms with Crippen LogP contribution in [0.3, 0.4) is 0 Å². The average molecular weight is 253 g/mol. The van der Waals surface area contributed by atoms with E-state index < -0.39 is 0 Å². The smallest absolute Gasteiger partial charge is 0.140 e. The van der Waals surface area contributed by atoms with Crippen LogP contribution in [0.15, 0.2) is 0 Å². The van der Waals surface area contributed by atoms with Gasteiger partial charge in [-0.2, -0.15) is 0 Å². The first-order chi connectivity index (χ1) is 6.64. The number of hydrogen-bond donors (Lipinski definition) is 0. The van der Waals surface area contributed by atoms with E-state index in [1.54, 1.807) is 0 Å². The summed E-state index contributed by atoms with van der Waals surface area (Å²) in [6, 6.07) is 0. The molecule has 0 N–H and O–H groups in total. The second-order valence-electron chi connectivity index (χ2n) is 6.37. The number of fused-ring (bicyclic) bond motifs is 2. The van der Waals surface area contributed by atoms with E-state index >= 15 is 0 Å². The minimum atomic E-state index is 0.327. The zero-order valence-corrected chi connectivity index (χ0v) is 9.70. The molecule has 5 saturated carbocycles. The molecule has 5 aliphatic carbocycles. The Morgan fingerprint density at radius 3 is 2.79 bits per heavy atom. The van der Waals surface area contributed by atoms with Crippen molar-refractivity contribution in [3.63, 3.8) is 0 Å². The second kappa shape index (κ2) is 1.66. The van der Waals surface area contributed by atoms with Gasteiger partial charge in [0.2, 0.25) is 0 Å². The number of carbonyl (C=O) groups excluding carboxylic acids is 1. The lowest BCUT2D eigenvalue weighted by Crippen LogP contribution is -2.53. The standard InChI is InChI=1S/C12H13BrO/c1-12(13)9-4-2-3-5-6(4)10(12)8(5)11(14)7(3)9/h3-10H,2H2,1H3/t3-,4?,5-,6?,7+,8-,9-,10+,12-/m1/s1. The highest BCUT2D eigenvalue weighted by molar-refractivity contribution is 9.10. The van der Waals surface area contributed by atoms with Gasteiger partial charge >= 0.3 is 0 Å². The Morgan fingerprint density at radius 1 is 1.21 bits per heavy atom. The molecule has 0 aromatic heterocycles. The maximum absolute atomic E-state index is 12.2. The van der Waals surface area contributed by atoms with Gasteiger partial charge in [-0.1, -0.05) is 15.9 Å². The van der Waals surface area contributed by atoms with Gasteiger partial charge in [-0.05, 0) is 48.9 Å². The Morgan fingerprint density at radius 2 is 2.00 bits per heavy atom. The van der Waals surface area contributed by atoms with E-state index in [1.165, 1.54) is 6.42 Å². The van der Waals surface area contributed by atoms with Crippen LogP contribution in [0.1, 0.15) is 13.3 Å². The zero-order valence-electron chi connectivity index (χ0n) is 8.11. The number of ketones is 1. The van der Waals surface area contributed by atoms with Crippen LogP contribution >= 0.6 is 15.9 Å². The van der Waals surface area contributed by atoms with Gasteiger partial charge in [0, 0.05) is 16.2 Å². The van der Waals surface area contributed by atoms with Gasteiger partial charge in [0.05, 0.1) is 0 Å². The summed E-state index contributed by atoms with van der Waals surface area (Å²) in [4.78, 5) is 12.2. The molecule has 5 fully saturated rings. The molecule has 2 bridgehead atoms. The summed E-state index contributed by atoms with van der Waals surface area (Å²) in [6.45, 7) is 2.37. The van der Waals surface area contributed by atoms with Crippen molar-refractivity contribution in [2.24, 2.45) is 47.3 Å². The fourth-order valence-electron chi connectivity index (χ4n) is 6.54. The third kappa shape index (κ3) is 0.417. The minimum Gasteiger partial charge on any atom is -0.299 e. The predicted octanol–water partition coefficient (Wildman–Crippen LogP) is 2.10. The van der Waals surface area contributed by atoms with E-state index in [1.807, 2.05) is 0 Å². The highest BCUT2D eigenvalue weighted by Gasteiger charge is 2.86. The van der Waals surface area contributed by atoms with Crippen molar-refractivity contribution in [1.82, 2.24) is 0 Å². The van der Waals surface area contributed by atoms with Gasteiger partial charge in [0.15, 0.2) is 0 Å². The van der Waals surface area contributed by atoms with Gasteiger partial charge < -0.3 is 0 Å². The maximum atomic E-state index is 12.2. The summed E-state index contributed by atoms with van der Waals surface area (Å²) < 4.78 is 0.327. The fraction of sp³-hybridized carbons (Fsp3) is 0.917. The van der Waals surface area contributed by atoms with Crippen molar-refractivity contribution < 1.29 is 4.79 Å². The van der Waals surface area contributed by atoms with Gasteiger partial charge in [0.25, 0.3) is 0 Å². The number of Topliss-reactive ketones (excluding diaryl/α,β-unsaturated/α-hetero) is 1. The molecule has 0 heterocycles. The van der Waals surface area contributed by atoms with Gasteiger partial charge in [-0.25, -0.2) is 0 Å². The lowest BCUT2D eigenvalue weighted by Gasteiger charge is -2.49. The molecule has 9 atom stereocenters. The lowest BCUT2D eigenvalue weighted by atomic mass is 9.57. The lowest BCUT2D eigenvalue weighted by molar-refractivity contribution is -0.134. The van der Waals surface area contributed by atoms with E-state index in [4.69, 9.17) is 0 Å². The van der Waals surface area contributed by atoms with Crippen LogP contribution in [0, 0.1) is 47.3 Å². The zero-order chi connectivity index (χ0) is 9.40. The van der Waals surface area contributed by atoms with Crippen molar-refractivity contribution in [3.05, 3.63) is 0 Å². The number of alkyl halides is 1. The molecule has 2 unspecified atom stereocenters. The largest absolute Gasteiger partial charge is 0.299 e. The van der Waals surface area contributed by atoms with Crippen LogP contribution in [0.2, 0.25) is 0 Å². The van der Waals surface area contributed by atoms with Crippen LogP contribution < -0.4 is 0 Å². The summed E-state index contributed by atoms with van der Waals surface area (Å²) in [5.74, 6) is 6.61. The molecule has 0 aliphatic heterocycles. The normalized spacial score (nSPS) is 80.3. The first-order valence-corrected chi connectivity index (χ1v) is 6.66. The molecule has 5 aliphatic rings. The number of carbonyl (C=O) groups is 1. The summed E-state index contributed by atoms with van der Waals surface area (Å²) in [5, 5.41) is 0. The quantitative estimate of drug-likeness (QED) is 0.604. The SMILES string of the molecule is C[C@@]1(Br)[C@@H]2C3C[C@H]4[C@@H]2C(=O)[C@@H]2[C@H]4C3[C@@H]21. The van der Waals surface area contributed by atoms with E-state index in [2.05, 4.69) is 22.9 Å². The first-order valence-electron chi connectivity index (χ1n) is 5.86. The van der Waals surface area contributed by atoms with Gasteiger partial charge in [-0.3, -0.25) is 4.79 Å². The molecule has 0 aromatic rings. The third-order valence-corrected chi connectivity index (χ3v) is 7.52. The van der Waals surface area contributed by atoms with Gasteiger partial charge in [0.1, 0.15) is 5.78 Å². The average Bonchev–Trinajstić information content (AvgIpc) is 2.52. The van der Waals surface area contributed by atoms with E-state index in [0.29, 0.717) is 27.9 Å². The monoisotopic (exact) mass is 252 g/mol. The molecular formula is C12H13BrO. The minimum absolute atomic E-state index is 0.327. The summed E-state index contributed by atoms with van der Waals surface area (Å²) in [5.41, 5.74) is 0. The fourth-order valence-corrected chi connectivity index (χ4v) is 7.76. The highest BCUT2D eigenvalue weighted by atomic mass is 79.9. The van der Waals surface area contributed by atoms with Crippen molar-refractivity contribution >= 4 is 21.7 Å². The van der Waals surface area contributed by atoms with Crippen LogP contribution in [-0.2, 0) is 4.79 Å². The number of halogens is 1. The van der Waals surface area contributed by atoms with Crippen LogP contribution in [0.5, 0.6) is 0 Å². The first kappa shape index (κ1) is 7.43. The molecule has 74 valence electrons. The highest BCUT2D eigenvalue weighted by Crippen LogP contribution is 2.85. The van der Waals surface area contributed by atoms with Crippen LogP contribution in [0.25, 0.3) is 0 Å². The Hall–Kier alpha value is 0.150. The molecule has 2 heteroatoms. The maximum Gasteiger partial charge on any atom is 0.140 e. The number of rotatable bonds is 0. The van der Waals surface area contributed by atoms with Gasteiger partial charge in [-0.15, -0.1) is 0 Å². The predicted molar refractivity (Wildman–Crippen MR) is 54.9 cm³/mol. The third-order valence-electron chi connectivity index (χ3n) is 6.46. The summed E-state index contributed by atoms with van der Waals surface area (Å²) in [6.07, 6.45) is 1.39. The molecule has 0 radical (unpaired) electrons. The van der Waals surface area contributed by atoms with E-state index in [-0.39, 0.29) is 0 Å². The molecule has 0 aromatic carbocycles. The molecule has 0 amide bonds. The molecule has 14 heavy (non-hydrogen) atoms. The topological polar surface area (TPSA) is 17.1 Å². The summed E-state index contributed by atoms with van der Waals surface area (Å²) in [7, 11) is 0. The molecule has 0 saturated heterocycles. The van der Waals surface area contributed by atoms with Crippen molar-refractivity contribution in [3.8, 4) is 0 Å². The van der Waals surface area contributed by atoms with Crippen LogP contribution in [0.4, 0.5) is 0 Å². The number of hydrogen-bond acceptors (Lipinski definition) is 1.